The number of rotatable bonds is 5. The third kappa shape index (κ3) is 3.99. The average molecular weight is 363 g/mol. The highest BCUT2D eigenvalue weighted by Gasteiger charge is 2.26. The van der Waals surface area contributed by atoms with Gasteiger partial charge in [-0.3, -0.25) is 4.79 Å². The van der Waals surface area contributed by atoms with Crippen molar-refractivity contribution in [3.8, 4) is 5.75 Å². The summed E-state index contributed by atoms with van der Waals surface area (Å²) in [6, 6.07) is 5.58. The van der Waals surface area contributed by atoms with E-state index in [-0.39, 0.29) is 12.4 Å². The Morgan fingerprint density at radius 2 is 2.08 bits per heavy atom. The molecule has 1 heterocycles. The summed E-state index contributed by atoms with van der Waals surface area (Å²) < 4.78 is 23.3. The molecule has 0 unspecified atom stereocenters. The van der Waals surface area contributed by atoms with E-state index in [1.165, 1.54) is 36.6 Å². The maximum atomic E-state index is 13.1. The third-order valence-corrected chi connectivity index (χ3v) is 5.19. The van der Waals surface area contributed by atoms with E-state index in [1.807, 2.05) is 0 Å². The van der Waals surface area contributed by atoms with Gasteiger partial charge in [-0.25, -0.2) is 9.18 Å². The van der Waals surface area contributed by atoms with Crippen molar-refractivity contribution in [2.24, 2.45) is 0 Å². The van der Waals surface area contributed by atoms with Gasteiger partial charge in [0, 0.05) is 10.9 Å². The fourth-order valence-electron chi connectivity index (χ4n) is 2.84. The Kier molecular flexibility index (Phi) is 5.33. The molecule has 0 spiro atoms. The van der Waals surface area contributed by atoms with Crippen LogP contribution in [0.5, 0.6) is 5.75 Å². The second-order valence-corrected chi connectivity index (χ2v) is 6.81. The molecular weight excluding hydrogens is 345 g/mol. The van der Waals surface area contributed by atoms with Crippen LogP contribution in [0.1, 0.15) is 33.6 Å². The van der Waals surface area contributed by atoms with E-state index in [0.717, 1.165) is 36.1 Å². The Bertz CT molecular complexity index is 802. The minimum Gasteiger partial charge on any atom is -0.484 e. The first-order valence-corrected chi connectivity index (χ1v) is 8.81. The molecule has 1 aromatic heterocycles. The zero-order chi connectivity index (χ0) is 17.8. The largest absolute Gasteiger partial charge is 0.484 e. The van der Waals surface area contributed by atoms with Crippen LogP contribution in [0.3, 0.4) is 0 Å². The van der Waals surface area contributed by atoms with Crippen LogP contribution < -0.4 is 10.1 Å². The van der Waals surface area contributed by atoms with Gasteiger partial charge in [0.25, 0.3) is 5.91 Å². The monoisotopic (exact) mass is 363 g/mol. The highest BCUT2D eigenvalue weighted by molar-refractivity contribution is 7.17. The van der Waals surface area contributed by atoms with Gasteiger partial charge in [0.15, 0.2) is 6.61 Å². The Labute approximate surface area is 148 Å². The summed E-state index contributed by atoms with van der Waals surface area (Å²) in [6.07, 6.45) is 3.81. The van der Waals surface area contributed by atoms with Gasteiger partial charge < -0.3 is 14.8 Å². The Morgan fingerprint density at radius 3 is 2.84 bits per heavy atom. The molecular formula is C18H18FNO4S. The molecule has 1 aliphatic carbocycles. The van der Waals surface area contributed by atoms with Crippen LogP contribution in [-0.2, 0) is 22.4 Å². The molecule has 5 nitrogen and oxygen atoms in total. The number of anilines is 1. The molecule has 0 radical (unpaired) electrons. The highest BCUT2D eigenvalue weighted by atomic mass is 32.1. The van der Waals surface area contributed by atoms with E-state index < -0.39 is 17.7 Å². The summed E-state index contributed by atoms with van der Waals surface area (Å²) in [6.45, 7) is -0.271. The maximum absolute atomic E-state index is 13.1. The van der Waals surface area contributed by atoms with E-state index in [2.05, 4.69) is 5.32 Å². The normalized spacial score (nSPS) is 13.0. The molecule has 132 valence electrons. The molecule has 1 aliphatic rings. The lowest BCUT2D eigenvalue weighted by Crippen LogP contribution is -2.21. The summed E-state index contributed by atoms with van der Waals surface area (Å²) >= 11 is 1.41. The van der Waals surface area contributed by atoms with Gasteiger partial charge in [-0.15, -0.1) is 11.3 Å². The first-order valence-electron chi connectivity index (χ1n) is 7.99. The van der Waals surface area contributed by atoms with Crippen LogP contribution in [0, 0.1) is 5.82 Å². The average Bonchev–Trinajstić information content (AvgIpc) is 2.97. The number of aryl methyl sites for hydroxylation is 1. The van der Waals surface area contributed by atoms with Gasteiger partial charge >= 0.3 is 5.97 Å². The molecule has 25 heavy (non-hydrogen) atoms. The van der Waals surface area contributed by atoms with Gasteiger partial charge in [-0.05, 0) is 43.4 Å². The lowest BCUT2D eigenvalue weighted by atomic mass is 9.95. The van der Waals surface area contributed by atoms with E-state index in [9.17, 15) is 14.0 Å². The summed E-state index contributed by atoms with van der Waals surface area (Å²) in [7, 11) is 1.33. The molecule has 0 atom stereocenters. The fourth-order valence-corrected chi connectivity index (χ4v) is 4.13. The molecule has 0 saturated heterocycles. The fraction of sp³-hybridized carbons (Fsp3) is 0.333. The number of hydrogen-bond donors (Lipinski definition) is 1. The van der Waals surface area contributed by atoms with Crippen molar-refractivity contribution < 1.29 is 23.5 Å². The van der Waals surface area contributed by atoms with Gasteiger partial charge in [-0.2, -0.15) is 0 Å². The number of methoxy groups -OCH3 is 1. The lowest BCUT2D eigenvalue weighted by Gasteiger charge is -2.11. The SMILES string of the molecule is COC(=O)c1c(NC(=O)COc2cccc(F)c2)sc2c1CCCC2. The number of carbonyl (C=O) groups is 2. The van der Waals surface area contributed by atoms with Crippen LogP contribution >= 0.6 is 11.3 Å². The first-order chi connectivity index (χ1) is 12.1. The van der Waals surface area contributed by atoms with E-state index in [4.69, 9.17) is 9.47 Å². The number of hydrogen-bond acceptors (Lipinski definition) is 5. The number of halogens is 1. The predicted molar refractivity (Wildman–Crippen MR) is 92.8 cm³/mol. The lowest BCUT2D eigenvalue weighted by molar-refractivity contribution is -0.118. The smallest absolute Gasteiger partial charge is 0.341 e. The minimum absolute atomic E-state index is 0.271. The molecule has 3 rings (SSSR count). The zero-order valence-corrected chi connectivity index (χ0v) is 14.6. The van der Waals surface area contributed by atoms with Gasteiger partial charge in [0.1, 0.15) is 16.6 Å². The van der Waals surface area contributed by atoms with Crippen LogP contribution in [0.2, 0.25) is 0 Å². The van der Waals surface area contributed by atoms with Crippen molar-refractivity contribution in [3.05, 3.63) is 46.1 Å². The van der Waals surface area contributed by atoms with E-state index in [0.29, 0.717) is 10.6 Å². The molecule has 0 bridgehead atoms. The molecule has 1 amide bonds. The first kappa shape index (κ1) is 17.4. The topological polar surface area (TPSA) is 64.6 Å². The molecule has 1 aromatic carbocycles. The molecule has 7 heteroatoms. The summed E-state index contributed by atoms with van der Waals surface area (Å²) in [5, 5.41) is 3.22. The minimum atomic E-state index is -0.444. The van der Waals surface area contributed by atoms with Crippen LogP contribution in [0.4, 0.5) is 9.39 Å². The van der Waals surface area contributed by atoms with E-state index in [1.54, 1.807) is 6.07 Å². The summed E-state index contributed by atoms with van der Waals surface area (Å²) in [5.41, 5.74) is 1.42. The van der Waals surface area contributed by atoms with Crippen molar-refractivity contribution in [1.82, 2.24) is 0 Å². The van der Waals surface area contributed by atoms with Crippen molar-refractivity contribution in [3.63, 3.8) is 0 Å². The standard InChI is InChI=1S/C18H18FNO4S/c1-23-18(22)16-13-7-2-3-8-14(13)25-17(16)20-15(21)10-24-12-6-4-5-11(19)9-12/h4-6,9H,2-3,7-8,10H2,1H3,(H,20,21). The van der Waals surface area contributed by atoms with Gasteiger partial charge in [0.05, 0.1) is 12.7 Å². The number of fused-ring (bicyclic) bond motifs is 1. The molecule has 2 aromatic rings. The number of benzene rings is 1. The molecule has 1 N–H and O–H groups in total. The van der Waals surface area contributed by atoms with E-state index >= 15 is 0 Å². The number of thiophene rings is 1. The van der Waals surface area contributed by atoms with Gasteiger partial charge in [0.2, 0.25) is 0 Å². The van der Waals surface area contributed by atoms with Crippen molar-refractivity contribution in [2.75, 3.05) is 19.0 Å². The predicted octanol–water partition coefficient (Wildman–Crippen LogP) is 3.57. The van der Waals surface area contributed by atoms with Crippen LogP contribution in [0.15, 0.2) is 24.3 Å². The Hall–Kier alpha value is -2.41. The van der Waals surface area contributed by atoms with Crippen LogP contribution in [-0.4, -0.2) is 25.6 Å². The Morgan fingerprint density at radius 1 is 1.28 bits per heavy atom. The second-order valence-electron chi connectivity index (χ2n) is 5.70. The number of nitrogens with one attached hydrogen (secondary N) is 1. The number of amides is 1. The van der Waals surface area contributed by atoms with Crippen molar-refractivity contribution >= 4 is 28.2 Å². The number of carbonyl (C=O) groups excluding carboxylic acids is 2. The quantitative estimate of drug-likeness (QED) is 0.825. The maximum Gasteiger partial charge on any atom is 0.341 e. The highest BCUT2D eigenvalue weighted by Crippen LogP contribution is 2.38. The number of esters is 1. The molecule has 0 fully saturated rings. The van der Waals surface area contributed by atoms with Crippen molar-refractivity contribution in [2.45, 2.75) is 25.7 Å². The zero-order valence-electron chi connectivity index (χ0n) is 13.8. The number of ether oxygens (including phenoxy) is 2. The summed E-state index contributed by atoms with van der Waals surface area (Å²) in [4.78, 5) is 25.4. The van der Waals surface area contributed by atoms with Crippen molar-refractivity contribution in [1.29, 1.82) is 0 Å². The Balaban J connectivity index is 1.72. The third-order valence-electron chi connectivity index (χ3n) is 3.98. The molecule has 0 aliphatic heterocycles. The molecule has 0 saturated carbocycles. The second kappa shape index (κ2) is 7.65. The van der Waals surface area contributed by atoms with Gasteiger partial charge in [-0.1, -0.05) is 6.07 Å². The van der Waals surface area contributed by atoms with Crippen LogP contribution in [0.25, 0.3) is 0 Å². The summed E-state index contributed by atoms with van der Waals surface area (Å²) in [5.74, 6) is -1.01.